The Hall–Kier alpha value is -2.20. The molecular weight excluding hydrogens is 310 g/mol. The number of nitrogens with one attached hydrogen (secondary N) is 1. The van der Waals surface area contributed by atoms with Crippen molar-refractivity contribution in [2.24, 2.45) is 23.2 Å². The van der Waals surface area contributed by atoms with E-state index in [1.807, 2.05) is 12.1 Å². The summed E-state index contributed by atoms with van der Waals surface area (Å²) in [6.07, 6.45) is 14.2. The molecule has 3 atom stereocenters. The Labute approximate surface area is 148 Å². The number of aromatic nitrogens is 2. The smallest absolute Gasteiger partial charge is 0.120 e. The number of hydrogen-bond acceptors (Lipinski definition) is 4. The van der Waals surface area contributed by atoms with Gasteiger partial charge in [-0.15, -0.1) is 0 Å². The molecule has 2 N–H and O–H groups in total. The maximum absolute atomic E-state index is 10.2. The molecule has 0 amide bonds. The van der Waals surface area contributed by atoms with Crippen LogP contribution in [0.4, 0.5) is 0 Å². The zero-order valence-corrected chi connectivity index (χ0v) is 14.2. The van der Waals surface area contributed by atoms with Crippen LogP contribution in [-0.4, -0.2) is 21.6 Å². The molecule has 0 radical (unpaired) electrons. The zero-order valence-electron chi connectivity index (χ0n) is 14.2. The van der Waals surface area contributed by atoms with E-state index >= 15 is 0 Å². The molecule has 3 aliphatic carbocycles. The lowest BCUT2D eigenvalue weighted by atomic mass is 9.89. The maximum atomic E-state index is 10.2. The van der Waals surface area contributed by atoms with Crippen molar-refractivity contribution in [3.63, 3.8) is 0 Å². The first-order chi connectivity index (χ1) is 12.3. The molecule has 2 aromatic rings. The molecule has 3 aliphatic rings. The Bertz CT molecular complexity index is 813. The summed E-state index contributed by atoms with van der Waals surface area (Å²) in [5.41, 5.74) is 3.59. The summed E-state index contributed by atoms with van der Waals surface area (Å²) in [5.74, 6) is 2.72. The second-order valence-electron chi connectivity index (χ2n) is 7.85. The second kappa shape index (κ2) is 5.67. The van der Waals surface area contributed by atoms with Gasteiger partial charge in [0.1, 0.15) is 12.1 Å². The number of hydrogen-bond donors (Lipinski definition) is 2. The first kappa shape index (κ1) is 15.1. The minimum atomic E-state index is 0.347. The Balaban J connectivity index is 1.25. The molecule has 128 valence electrons. The van der Waals surface area contributed by atoms with Crippen molar-refractivity contribution in [3.8, 4) is 16.9 Å². The second-order valence-corrected chi connectivity index (χ2v) is 7.85. The maximum Gasteiger partial charge on any atom is 0.120 e. The van der Waals surface area contributed by atoms with Crippen molar-refractivity contribution in [2.75, 3.05) is 6.54 Å². The fraction of sp³-hybridized carbons (Fsp3) is 0.429. The Kier molecular flexibility index (Phi) is 3.42. The zero-order chi connectivity index (χ0) is 16.9. The van der Waals surface area contributed by atoms with Gasteiger partial charge in [0, 0.05) is 30.1 Å². The SMILES string of the molecule is Oc1ccc(-c2cncnc2)cc1CNCC1CC2C=CC1C21CC1. The van der Waals surface area contributed by atoms with Crippen molar-refractivity contribution in [3.05, 3.63) is 54.6 Å². The fourth-order valence-corrected chi connectivity index (χ4v) is 5.10. The lowest BCUT2D eigenvalue weighted by Gasteiger charge is -2.20. The molecule has 25 heavy (non-hydrogen) atoms. The van der Waals surface area contributed by atoms with Gasteiger partial charge in [0.05, 0.1) is 0 Å². The Morgan fingerprint density at radius 2 is 1.96 bits per heavy atom. The summed E-state index contributed by atoms with van der Waals surface area (Å²) in [6, 6.07) is 5.71. The molecule has 3 unspecified atom stereocenters. The van der Waals surface area contributed by atoms with E-state index in [9.17, 15) is 5.11 Å². The lowest BCUT2D eigenvalue weighted by Crippen LogP contribution is -2.26. The number of nitrogens with zero attached hydrogens (tertiary/aromatic N) is 2. The highest BCUT2D eigenvalue weighted by atomic mass is 16.3. The molecular formula is C21H23N3O. The van der Waals surface area contributed by atoms with Crippen molar-refractivity contribution in [1.82, 2.24) is 15.3 Å². The molecule has 0 saturated heterocycles. The third-order valence-corrected chi connectivity index (χ3v) is 6.54. The van der Waals surface area contributed by atoms with Crippen LogP contribution in [0.15, 0.2) is 49.1 Å². The van der Waals surface area contributed by atoms with Crippen molar-refractivity contribution in [2.45, 2.75) is 25.8 Å². The first-order valence-corrected chi connectivity index (χ1v) is 9.22. The van der Waals surface area contributed by atoms with E-state index in [0.717, 1.165) is 41.0 Å². The van der Waals surface area contributed by atoms with Crippen LogP contribution in [0.5, 0.6) is 5.75 Å². The number of allylic oxidation sites excluding steroid dienone is 2. The predicted molar refractivity (Wildman–Crippen MR) is 96.7 cm³/mol. The molecule has 5 rings (SSSR count). The molecule has 1 spiro atoms. The van der Waals surface area contributed by atoms with Gasteiger partial charge in [-0.2, -0.15) is 0 Å². The third kappa shape index (κ3) is 2.47. The average molecular weight is 333 g/mol. The summed E-state index contributed by atoms with van der Waals surface area (Å²) < 4.78 is 0. The summed E-state index contributed by atoms with van der Waals surface area (Å²) in [6.45, 7) is 1.73. The molecule has 2 fully saturated rings. The Morgan fingerprint density at radius 1 is 1.12 bits per heavy atom. The van der Waals surface area contributed by atoms with Crippen LogP contribution < -0.4 is 5.32 Å². The van der Waals surface area contributed by atoms with Crippen LogP contribution in [0.3, 0.4) is 0 Å². The summed E-state index contributed by atoms with van der Waals surface area (Å²) in [5, 5.41) is 13.8. The van der Waals surface area contributed by atoms with Gasteiger partial charge in [-0.05, 0) is 66.7 Å². The van der Waals surface area contributed by atoms with Crippen LogP contribution in [0.1, 0.15) is 24.8 Å². The quantitative estimate of drug-likeness (QED) is 0.822. The van der Waals surface area contributed by atoms with Crippen LogP contribution in [0, 0.1) is 23.2 Å². The highest BCUT2D eigenvalue weighted by Crippen LogP contribution is 2.69. The van der Waals surface area contributed by atoms with Crippen molar-refractivity contribution >= 4 is 0 Å². The van der Waals surface area contributed by atoms with Crippen molar-refractivity contribution in [1.29, 1.82) is 0 Å². The minimum Gasteiger partial charge on any atom is -0.508 e. The number of benzene rings is 1. The largest absolute Gasteiger partial charge is 0.508 e. The van der Waals surface area contributed by atoms with Gasteiger partial charge < -0.3 is 10.4 Å². The average Bonchev–Trinajstić information content (AvgIpc) is 3.31. The molecule has 4 heteroatoms. The summed E-state index contributed by atoms with van der Waals surface area (Å²) in [4.78, 5) is 8.15. The van der Waals surface area contributed by atoms with Gasteiger partial charge in [0.25, 0.3) is 0 Å². The summed E-state index contributed by atoms with van der Waals surface area (Å²) in [7, 11) is 0. The number of phenolic OH excluding ortho intramolecular Hbond substituents is 1. The van der Waals surface area contributed by atoms with Gasteiger partial charge >= 0.3 is 0 Å². The van der Waals surface area contributed by atoms with E-state index < -0.39 is 0 Å². The fourth-order valence-electron chi connectivity index (χ4n) is 5.10. The molecule has 1 heterocycles. The predicted octanol–water partition coefficient (Wildman–Crippen LogP) is 3.54. The molecule has 1 aromatic heterocycles. The molecule has 1 aromatic carbocycles. The van der Waals surface area contributed by atoms with Gasteiger partial charge in [-0.25, -0.2) is 9.97 Å². The van der Waals surface area contributed by atoms with E-state index in [1.165, 1.54) is 25.6 Å². The van der Waals surface area contributed by atoms with Crippen LogP contribution in [-0.2, 0) is 6.54 Å². The Morgan fingerprint density at radius 3 is 2.72 bits per heavy atom. The lowest BCUT2D eigenvalue weighted by molar-refractivity contribution is 0.349. The number of aromatic hydroxyl groups is 1. The molecule has 0 aliphatic heterocycles. The van der Waals surface area contributed by atoms with Gasteiger partial charge in [-0.3, -0.25) is 0 Å². The monoisotopic (exact) mass is 333 g/mol. The molecule has 2 bridgehead atoms. The van der Waals surface area contributed by atoms with Gasteiger partial charge in [0.15, 0.2) is 0 Å². The van der Waals surface area contributed by atoms with E-state index in [1.54, 1.807) is 18.5 Å². The molecule has 4 nitrogen and oxygen atoms in total. The van der Waals surface area contributed by atoms with E-state index in [-0.39, 0.29) is 0 Å². The third-order valence-electron chi connectivity index (χ3n) is 6.54. The minimum absolute atomic E-state index is 0.347. The highest BCUT2D eigenvalue weighted by Gasteiger charge is 2.62. The van der Waals surface area contributed by atoms with Crippen LogP contribution >= 0.6 is 0 Å². The number of rotatable bonds is 5. The standard InChI is InChI=1S/C21H23N3O/c25-20-4-1-14(17-11-23-13-24-12-17)7-16(20)10-22-9-15-8-18-2-3-19(15)21(18)5-6-21/h1-4,7,11-13,15,18-19,22,25H,5-6,8-10H2. The topological polar surface area (TPSA) is 58.0 Å². The van der Waals surface area contributed by atoms with Gasteiger partial charge in [-0.1, -0.05) is 18.2 Å². The van der Waals surface area contributed by atoms with E-state index in [4.69, 9.17) is 0 Å². The van der Waals surface area contributed by atoms with Crippen LogP contribution in [0.2, 0.25) is 0 Å². The number of phenols is 1. The van der Waals surface area contributed by atoms with Crippen LogP contribution in [0.25, 0.3) is 11.1 Å². The van der Waals surface area contributed by atoms with Crippen molar-refractivity contribution < 1.29 is 5.11 Å². The highest BCUT2D eigenvalue weighted by molar-refractivity contribution is 5.63. The van der Waals surface area contributed by atoms with E-state index in [0.29, 0.717) is 17.7 Å². The molecule has 2 saturated carbocycles. The van der Waals surface area contributed by atoms with Gasteiger partial charge in [0.2, 0.25) is 0 Å². The van der Waals surface area contributed by atoms with E-state index in [2.05, 4.69) is 27.4 Å². The summed E-state index contributed by atoms with van der Waals surface area (Å²) >= 11 is 0. The first-order valence-electron chi connectivity index (χ1n) is 9.22. The normalized spacial score (nSPS) is 27.9.